The van der Waals surface area contributed by atoms with E-state index in [2.05, 4.69) is 4.72 Å². The highest BCUT2D eigenvalue weighted by Crippen LogP contribution is 2.58. The molecule has 1 spiro atoms. The summed E-state index contributed by atoms with van der Waals surface area (Å²) in [5.41, 5.74) is -1.30. The van der Waals surface area contributed by atoms with E-state index < -0.39 is 61.3 Å². The number of nitrogens with one attached hydrogen (secondary N) is 1. The van der Waals surface area contributed by atoms with Gasteiger partial charge in [0.2, 0.25) is 21.8 Å². The fraction of sp³-hybridized carbons (Fsp3) is 0.634. The number of carbonyl (C=O) groups is 4. The molecule has 0 radical (unpaired) electrons. The summed E-state index contributed by atoms with van der Waals surface area (Å²) < 4.78 is 40.2. The van der Waals surface area contributed by atoms with Gasteiger partial charge in [-0.15, -0.1) is 0 Å². The molecule has 1 saturated heterocycles. The van der Waals surface area contributed by atoms with Crippen LogP contribution < -0.4 is 9.46 Å². The number of hydrogen-bond acceptors (Lipinski definition) is 10. The van der Waals surface area contributed by atoms with Crippen LogP contribution >= 0.6 is 0 Å². The number of benzene rings is 1. The van der Waals surface area contributed by atoms with E-state index in [4.69, 9.17) is 14.5 Å². The van der Waals surface area contributed by atoms with Crippen molar-refractivity contribution in [3.63, 3.8) is 0 Å². The van der Waals surface area contributed by atoms with Crippen LogP contribution in [0.2, 0.25) is 0 Å². The second-order valence-electron chi connectivity index (χ2n) is 17.7. The van der Waals surface area contributed by atoms with Crippen molar-refractivity contribution in [3.05, 3.63) is 47.7 Å². The number of aliphatic hydroxyl groups is 1. The second-order valence-corrected chi connectivity index (χ2v) is 19.9. The van der Waals surface area contributed by atoms with Gasteiger partial charge in [-0.05, 0) is 85.1 Å². The molecule has 1 aromatic carbocycles. The Hall–Kier alpha value is -3.84. The Morgan fingerprint density at radius 3 is 2.56 bits per heavy atom. The van der Waals surface area contributed by atoms with E-state index in [0.29, 0.717) is 49.1 Å². The van der Waals surface area contributed by atoms with E-state index in [0.717, 1.165) is 30.2 Å². The number of nitrogens with zero attached hydrogens (tertiary/aromatic N) is 2. The van der Waals surface area contributed by atoms with E-state index in [1.54, 1.807) is 34.6 Å². The molecule has 2 saturated carbocycles. The number of esters is 1. The number of carbonyl (C=O) groups excluding carboxylic acids is 4. The monoisotopic (exact) mass is 763 g/mol. The van der Waals surface area contributed by atoms with Crippen molar-refractivity contribution in [2.24, 2.45) is 17.3 Å². The standard InChI is InChI=1S/C41H53N3O9S/c1-25-35-34(28-15-11-12-16-29(28)42-25)32(46)22-40(53-35)21-30-31(45)23-41(37(49)43-54(50,51)39(5)17-18-39)20-27(41)14-10-8-6-7-9-13-26(36(48)44(30)24-40)19-33(47)52-38(2,3)4/h10-12,14-16,26-27,30,32,46H,6-9,13,17-24H2,1-5H3,(H,43,49)/b14-10-/t26-,27-,30+,32?,40+,41-/m1/s1. The molecule has 1 aromatic heterocycles. The number of sulfonamides is 1. The number of para-hydroxylation sites is 1. The number of aromatic nitrogens is 1. The Morgan fingerprint density at radius 1 is 1.09 bits per heavy atom. The lowest BCUT2D eigenvalue weighted by atomic mass is 9.83. The first-order valence-electron chi connectivity index (χ1n) is 19.4. The Morgan fingerprint density at radius 2 is 1.83 bits per heavy atom. The number of hydrogen-bond donors (Lipinski definition) is 2. The number of ether oxygens (including phenoxy) is 2. The highest BCUT2D eigenvalue weighted by Gasteiger charge is 2.63. The molecule has 3 aliphatic heterocycles. The molecule has 54 heavy (non-hydrogen) atoms. The zero-order chi connectivity index (χ0) is 38.8. The third-order valence-corrected chi connectivity index (χ3v) is 14.4. The van der Waals surface area contributed by atoms with Crippen molar-refractivity contribution in [2.45, 2.75) is 140 Å². The van der Waals surface area contributed by atoms with Crippen molar-refractivity contribution in [1.82, 2.24) is 14.6 Å². The lowest BCUT2D eigenvalue weighted by Crippen LogP contribution is -2.48. The van der Waals surface area contributed by atoms with Crippen LogP contribution in [0.15, 0.2) is 36.4 Å². The minimum absolute atomic E-state index is 0.0227. The third kappa shape index (κ3) is 7.30. The van der Waals surface area contributed by atoms with Crippen molar-refractivity contribution in [2.75, 3.05) is 6.54 Å². The summed E-state index contributed by atoms with van der Waals surface area (Å²) >= 11 is 0. The molecule has 2 N–H and O–H groups in total. The number of rotatable bonds is 5. The van der Waals surface area contributed by atoms with Gasteiger partial charge in [0.05, 0.1) is 46.5 Å². The summed E-state index contributed by atoms with van der Waals surface area (Å²) in [7, 11) is -3.96. The van der Waals surface area contributed by atoms with E-state index in [9.17, 15) is 32.7 Å². The summed E-state index contributed by atoms with van der Waals surface area (Å²) in [6, 6.07) is 6.46. The quantitative estimate of drug-likeness (QED) is 0.292. The van der Waals surface area contributed by atoms with Gasteiger partial charge in [-0.1, -0.05) is 43.2 Å². The molecule has 2 aromatic rings. The Labute approximate surface area is 317 Å². The van der Waals surface area contributed by atoms with Gasteiger partial charge >= 0.3 is 5.97 Å². The highest BCUT2D eigenvalue weighted by atomic mass is 32.2. The first-order valence-corrected chi connectivity index (χ1v) is 20.9. The number of amides is 2. The molecule has 6 atom stereocenters. The van der Waals surface area contributed by atoms with Crippen LogP contribution in [0.3, 0.4) is 0 Å². The van der Waals surface area contributed by atoms with Crippen LogP contribution in [0.1, 0.15) is 122 Å². The number of allylic oxidation sites excluding steroid dienone is 2. The number of aryl methyl sites for hydroxylation is 1. The zero-order valence-corrected chi connectivity index (χ0v) is 32.8. The topological polar surface area (TPSA) is 169 Å². The molecular weight excluding hydrogens is 711 g/mol. The molecule has 13 heteroatoms. The molecule has 292 valence electrons. The van der Waals surface area contributed by atoms with Gasteiger partial charge in [0.1, 0.15) is 17.0 Å². The molecular formula is C41H53N3O9S. The fourth-order valence-corrected chi connectivity index (χ4v) is 10.1. The van der Waals surface area contributed by atoms with Gasteiger partial charge in [-0.3, -0.25) is 23.9 Å². The minimum atomic E-state index is -3.96. The van der Waals surface area contributed by atoms with E-state index >= 15 is 0 Å². The zero-order valence-electron chi connectivity index (χ0n) is 32.0. The maximum atomic E-state index is 14.8. The van der Waals surface area contributed by atoms with Gasteiger partial charge in [0, 0.05) is 36.1 Å². The van der Waals surface area contributed by atoms with Crippen LogP contribution in [0, 0.1) is 24.2 Å². The summed E-state index contributed by atoms with van der Waals surface area (Å²) in [5.74, 6) is -2.65. The summed E-state index contributed by atoms with van der Waals surface area (Å²) in [6.45, 7) is 8.70. The number of ketones is 1. The van der Waals surface area contributed by atoms with Crippen LogP contribution in [0.25, 0.3) is 10.9 Å². The first-order chi connectivity index (χ1) is 25.4. The lowest BCUT2D eigenvalue weighted by Gasteiger charge is -2.39. The molecule has 4 heterocycles. The van der Waals surface area contributed by atoms with Crippen LogP contribution in [-0.2, 0) is 33.9 Å². The van der Waals surface area contributed by atoms with E-state index in [1.807, 2.05) is 36.4 Å². The maximum absolute atomic E-state index is 14.8. The lowest BCUT2D eigenvalue weighted by molar-refractivity contribution is -0.159. The van der Waals surface area contributed by atoms with Crippen molar-refractivity contribution >= 4 is 44.5 Å². The van der Waals surface area contributed by atoms with Gasteiger partial charge in [-0.25, -0.2) is 13.4 Å². The fourth-order valence-electron chi connectivity index (χ4n) is 8.78. The van der Waals surface area contributed by atoms with Crippen LogP contribution in [0.4, 0.5) is 0 Å². The van der Waals surface area contributed by atoms with Gasteiger partial charge in [-0.2, -0.15) is 0 Å². The molecule has 12 nitrogen and oxygen atoms in total. The smallest absolute Gasteiger partial charge is 0.307 e. The predicted octanol–water partition coefficient (Wildman–Crippen LogP) is 5.53. The molecule has 2 aliphatic carbocycles. The maximum Gasteiger partial charge on any atom is 0.307 e. The predicted molar refractivity (Wildman–Crippen MR) is 201 cm³/mol. The number of aliphatic hydroxyl groups excluding tert-OH is 1. The normalized spacial score (nSPS) is 31.6. The van der Waals surface area contributed by atoms with Gasteiger partial charge in [0.25, 0.3) is 0 Å². The number of pyridine rings is 1. The van der Waals surface area contributed by atoms with E-state index in [1.165, 1.54) is 4.90 Å². The molecule has 7 rings (SSSR count). The average Bonchev–Trinajstić information content (AvgIpc) is 3.97. The molecule has 0 bridgehead atoms. The van der Waals surface area contributed by atoms with E-state index in [-0.39, 0.29) is 49.8 Å². The SMILES string of the molecule is Cc1nc2ccccc2c2c1O[C@]1(CC2O)C[C@H]2C(=O)C[C@]3(C(=O)NS(=O)(=O)C4(C)CC4)C[C@H]3/C=C\CCCCC[C@H](CC(=O)OC(C)(C)C)C(=O)N2C1. The second kappa shape index (κ2) is 13.7. The van der Waals surface area contributed by atoms with Crippen molar-refractivity contribution < 1.29 is 42.2 Å². The minimum Gasteiger partial charge on any atom is -0.483 e. The Balaban J connectivity index is 1.25. The largest absolute Gasteiger partial charge is 0.483 e. The van der Waals surface area contributed by atoms with Crippen molar-refractivity contribution in [1.29, 1.82) is 0 Å². The Bertz CT molecular complexity index is 2020. The van der Waals surface area contributed by atoms with Gasteiger partial charge < -0.3 is 19.5 Å². The molecule has 1 unspecified atom stereocenters. The third-order valence-electron chi connectivity index (χ3n) is 12.2. The average molecular weight is 764 g/mol. The van der Waals surface area contributed by atoms with Crippen LogP contribution in [-0.4, -0.2) is 75.5 Å². The Kier molecular flexibility index (Phi) is 9.77. The van der Waals surface area contributed by atoms with Crippen LogP contribution in [0.5, 0.6) is 5.75 Å². The first kappa shape index (κ1) is 38.4. The summed E-state index contributed by atoms with van der Waals surface area (Å²) in [5, 5.41) is 12.5. The molecule has 3 fully saturated rings. The molecule has 5 aliphatic rings. The number of Topliss-reactive ketones (excluding diaryl/α,β-unsaturated/α-hetero) is 1. The highest BCUT2D eigenvalue weighted by molar-refractivity contribution is 7.91. The molecule has 2 amide bonds. The van der Waals surface area contributed by atoms with Crippen molar-refractivity contribution in [3.8, 4) is 5.75 Å². The number of fused-ring (bicyclic) bond motifs is 5. The van der Waals surface area contributed by atoms with Gasteiger partial charge in [0.15, 0.2) is 5.78 Å². The summed E-state index contributed by atoms with van der Waals surface area (Å²) in [4.78, 5) is 62.9. The summed E-state index contributed by atoms with van der Waals surface area (Å²) in [6.07, 6.45) is 7.33.